The highest BCUT2D eigenvalue weighted by atomic mass is 16.5. The summed E-state index contributed by atoms with van der Waals surface area (Å²) in [5.74, 6) is -0.692. The Bertz CT molecular complexity index is 333. The van der Waals surface area contributed by atoms with E-state index in [-0.39, 0.29) is 0 Å². The average Bonchev–Trinajstić information content (AvgIpc) is 3.21. The van der Waals surface area contributed by atoms with E-state index in [1.807, 2.05) is 6.92 Å². The fraction of sp³-hybridized carbons (Fsp3) is 0.933. The van der Waals surface area contributed by atoms with Crippen molar-refractivity contribution in [2.45, 2.75) is 63.6 Å². The lowest BCUT2D eigenvalue weighted by molar-refractivity contribution is -0.145. The summed E-state index contributed by atoms with van der Waals surface area (Å²) in [5.41, 5.74) is -0.723. The van der Waals surface area contributed by atoms with Crippen molar-refractivity contribution < 1.29 is 14.6 Å². The molecule has 5 nitrogen and oxygen atoms in total. The third-order valence-corrected chi connectivity index (χ3v) is 4.47. The van der Waals surface area contributed by atoms with Crippen LogP contribution in [-0.4, -0.2) is 59.9 Å². The number of carboxylic acid groups (broad SMARTS) is 1. The highest BCUT2D eigenvalue weighted by molar-refractivity contribution is 5.78. The van der Waals surface area contributed by atoms with E-state index in [0.29, 0.717) is 25.0 Å². The molecular formula is C15H28N2O3. The second kappa shape index (κ2) is 6.87. The van der Waals surface area contributed by atoms with Crippen molar-refractivity contribution >= 4 is 5.97 Å². The summed E-state index contributed by atoms with van der Waals surface area (Å²) in [7, 11) is 0. The Kier molecular flexibility index (Phi) is 5.41. The SMILES string of the molecule is CCC(CCCN1CCOC(C)C1)(NC1CC1)C(=O)O. The maximum absolute atomic E-state index is 11.7. The normalized spacial score (nSPS) is 27.2. The Labute approximate surface area is 121 Å². The molecule has 1 aliphatic carbocycles. The molecule has 2 atom stereocenters. The molecule has 0 radical (unpaired) electrons. The van der Waals surface area contributed by atoms with Gasteiger partial charge in [0.2, 0.25) is 0 Å². The summed E-state index contributed by atoms with van der Waals surface area (Å²) in [6, 6.07) is 0.425. The number of nitrogens with zero attached hydrogens (tertiary/aromatic N) is 1. The van der Waals surface area contributed by atoms with Gasteiger partial charge in [0.05, 0.1) is 12.7 Å². The number of hydrogen-bond donors (Lipinski definition) is 2. The van der Waals surface area contributed by atoms with Gasteiger partial charge in [0, 0.05) is 19.1 Å². The van der Waals surface area contributed by atoms with E-state index in [1.54, 1.807) is 0 Å². The van der Waals surface area contributed by atoms with Gasteiger partial charge >= 0.3 is 5.97 Å². The zero-order valence-electron chi connectivity index (χ0n) is 12.7. The zero-order valence-corrected chi connectivity index (χ0v) is 12.7. The first kappa shape index (κ1) is 15.7. The highest BCUT2D eigenvalue weighted by Crippen LogP contribution is 2.27. The topological polar surface area (TPSA) is 61.8 Å². The molecule has 116 valence electrons. The van der Waals surface area contributed by atoms with Crippen LogP contribution in [0.1, 0.15) is 46.0 Å². The maximum atomic E-state index is 11.7. The van der Waals surface area contributed by atoms with Crippen LogP contribution in [-0.2, 0) is 9.53 Å². The Morgan fingerprint density at radius 3 is 2.80 bits per heavy atom. The lowest BCUT2D eigenvalue weighted by Gasteiger charge is -2.33. The van der Waals surface area contributed by atoms with Crippen LogP contribution in [0.2, 0.25) is 0 Å². The largest absolute Gasteiger partial charge is 0.480 e. The van der Waals surface area contributed by atoms with E-state index in [1.165, 1.54) is 0 Å². The zero-order chi connectivity index (χ0) is 14.6. The smallest absolute Gasteiger partial charge is 0.323 e. The maximum Gasteiger partial charge on any atom is 0.323 e. The molecule has 20 heavy (non-hydrogen) atoms. The van der Waals surface area contributed by atoms with Crippen LogP contribution in [0, 0.1) is 0 Å². The predicted octanol–water partition coefficient (Wildman–Crippen LogP) is 1.47. The molecule has 0 amide bonds. The van der Waals surface area contributed by atoms with Crippen molar-refractivity contribution in [3.05, 3.63) is 0 Å². The van der Waals surface area contributed by atoms with E-state index in [0.717, 1.165) is 45.5 Å². The van der Waals surface area contributed by atoms with Crippen molar-refractivity contribution in [3.8, 4) is 0 Å². The molecule has 5 heteroatoms. The number of carboxylic acids is 1. The van der Waals surface area contributed by atoms with E-state index in [2.05, 4.69) is 17.1 Å². The molecule has 0 aromatic rings. The van der Waals surface area contributed by atoms with Gasteiger partial charge in [-0.1, -0.05) is 6.92 Å². The van der Waals surface area contributed by atoms with Crippen molar-refractivity contribution in [3.63, 3.8) is 0 Å². The van der Waals surface area contributed by atoms with Gasteiger partial charge in [-0.05, 0) is 45.6 Å². The van der Waals surface area contributed by atoms with Gasteiger partial charge in [0.15, 0.2) is 0 Å². The van der Waals surface area contributed by atoms with Crippen molar-refractivity contribution in [2.24, 2.45) is 0 Å². The van der Waals surface area contributed by atoms with Crippen molar-refractivity contribution in [1.82, 2.24) is 10.2 Å². The van der Waals surface area contributed by atoms with Gasteiger partial charge in [-0.3, -0.25) is 15.0 Å². The molecule has 0 aromatic heterocycles. The van der Waals surface area contributed by atoms with Crippen LogP contribution in [0.4, 0.5) is 0 Å². The minimum Gasteiger partial charge on any atom is -0.480 e. The molecule has 1 aliphatic heterocycles. The van der Waals surface area contributed by atoms with Crippen molar-refractivity contribution in [1.29, 1.82) is 0 Å². The first-order chi connectivity index (χ1) is 9.55. The quantitative estimate of drug-likeness (QED) is 0.707. The van der Waals surface area contributed by atoms with Gasteiger partial charge in [-0.2, -0.15) is 0 Å². The first-order valence-corrected chi connectivity index (χ1v) is 7.91. The van der Waals surface area contributed by atoms with Crippen LogP contribution in [0.3, 0.4) is 0 Å². The number of rotatable bonds is 8. The van der Waals surface area contributed by atoms with E-state index >= 15 is 0 Å². The van der Waals surface area contributed by atoms with E-state index < -0.39 is 11.5 Å². The third-order valence-electron chi connectivity index (χ3n) is 4.47. The number of nitrogens with one attached hydrogen (secondary N) is 1. The lowest BCUT2D eigenvalue weighted by Crippen LogP contribution is -2.53. The summed E-state index contributed by atoms with van der Waals surface area (Å²) in [5, 5.41) is 12.9. The van der Waals surface area contributed by atoms with E-state index in [9.17, 15) is 9.90 Å². The number of hydrogen-bond acceptors (Lipinski definition) is 4. The fourth-order valence-electron chi connectivity index (χ4n) is 2.99. The second-order valence-corrected chi connectivity index (χ2v) is 6.24. The van der Waals surface area contributed by atoms with E-state index in [4.69, 9.17) is 4.74 Å². The molecule has 0 bridgehead atoms. The minimum absolute atomic E-state index is 0.295. The van der Waals surface area contributed by atoms with Crippen LogP contribution >= 0.6 is 0 Å². The van der Waals surface area contributed by atoms with Crippen LogP contribution in [0.15, 0.2) is 0 Å². The van der Waals surface area contributed by atoms with Gasteiger partial charge in [-0.25, -0.2) is 0 Å². The molecule has 1 saturated carbocycles. The Morgan fingerprint density at radius 2 is 2.25 bits per heavy atom. The number of aliphatic carboxylic acids is 1. The molecule has 1 heterocycles. The summed E-state index contributed by atoms with van der Waals surface area (Å²) < 4.78 is 5.53. The molecule has 2 N–H and O–H groups in total. The molecule has 2 fully saturated rings. The lowest BCUT2D eigenvalue weighted by atomic mass is 9.90. The molecule has 2 rings (SSSR count). The first-order valence-electron chi connectivity index (χ1n) is 7.91. The predicted molar refractivity (Wildman–Crippen MR) is 77.9 cm³/mol. The Morgan fingerprint density at radius 1 is 1.50 bits per heavy atom. The van der Waals surface area contributed by atoms with Gasteiger partial charge in [-0.15, -0.1) is 0 Å². The summed E-state index contributed by atoms with van der Waals surface area (Å²) in [4.78, 5) is 14.0. The molecule has 0 aromatic carbocycles. The average molecular weight is 284 g/mol. The standard InChI is InChI=1S/C15H28N2O3/c1-3-15(14(18)19,16-13-5-6-13)7-4-8-17-9-10-20-12(2)11-17/h12-13,16H,3-11H2,1-2H3,(H,18,19). The molecule has 1 saturated heterocycles. The summed E-state index contributed by atoms with van der Waals surface area (Å²) in [6.07, 6.45) is 4.82. The van der Waals surface area contributed by atoms with Crippen molar-refractivity contribution in [2.75, 3.05) is 26.2 Å². The van der Waals surface area contributed by atoms with Gasteiger partial charge in [0.1, 0.15) is 5.54 Å². The molecule has 2 unspecified atom stereocenters. The van der Waals surface area contributed by atoms with Gasteiger partial charge in [0.25, 0.3) is 0 Å². The second-order valence-electron chi connectivity index (χ2n) is 6.24. The van der Waals surface area contributed by atoms with Crippen LogP contribution in [0.5, 0.6) is 0 Å². The number of carbonyl (C=O) groups is 1. The van der Waals surface area contributed by atoms with Crippen LogP contribution in [0.25, 0.3) is 0 Å². The molecule has 2 aliphatic rings. The number of morpholine rings is 1. The third kappa shape index (κ3) is 4.17. The summed E-state index contributed by atoms with van der Waals surface area (Å²) >= 11 is 0. The molecular weight excluding hydrogens is 256 g/mol. The Balaban J connectivity index is 1.80. The monoisotopic (exact) mass is 284 g/mol. The van der Waals surface area contributed by atoms with Gasteiger partial charge < -0.3 is 9.84 Å². The number of ether oxygens (including phenoxy) is 1. The highest BCUT2D eigenvalue weighted by Gasteiger charge is 2.40. The summed E-state index contributed by atoms with van der Waals surface area (Å²) in [6.45, 7) is 7.75. The fourth-order valence-corrected chi connectivity index (χ4v) is 2.99. The molecule has 0 spiro atoms. The minimum atomic E-state index is -0.723. The Hall–Kier alpha value is -0.650. The van der Waals surface area contributed by atoms with Crippen LogP contribution < -0.4 is 5.32 Å².